The predicted octanol–water partition coefficient (Wildman–Crippen LogP) is 2.29. The van der Waals surface area contributed by atoms with Gasteiger partial charge in [0, 0.05) is 6.92 Å². The molecule has 0 aliphatic heterocycles. The maximum Gasteiger partial charge on any atom is 0.303 e. The molecule has 6 nitrogen and oxygen atoms in total. The molecule has 2 aromatic rings. The number of carbonyl (C=O) groups excluding carboxylic acids is 3. The SMILES string of the molecule is CC(=O)O[C@@H](C)C(=O)C1c2cccc(O)c2C(=O)c2c(O)cccc21. The molecule has 2 aromatic carbocycles. The highest BCUT2D eigenvalue weighted by Crippen LogP contribution is 2.43. The minimum absolute atomic E-state index is 0.0233. The zero-order valence-corrected chi connectivity index (χ0v) is 13.6. The van der Waals surface area contributed by atoms with Crippen LogP contribution in [-0.2, 0) is 14.3 Å². The van der Waals surface area contributed by atoms with E-state index >= 15 is 0 Å². The number of hydrogen-bond acceptors (Lipinski definition) is 6. The Balaban J connectivity index is 2.23. The molecule has 1 aliphatic carbocycles. The summed E-state index contributed by atoms with van der Waals surface area (Å²) >= 11 is 0. The van der Waals surface area contributed by atoms with E-state index in [1.165, 1.54) is 38.1 Å². The molecule has 0 spiro atoms. The van der Waals surface area contributed by atoms with E-state index in [0.717, 1.165) is 0 Å². The van der Waals surface area contributed by atoms with Crippen LogP contribution in [0, 0.1) is 0 Å². The number of ketones is 2. The van der Waals surface area contributed by atoms with Crippen LogP contribution < -0.4 is 0 Å². The summed E-state index contributed by atoms with van der Waals surface area (Å²) < 4.78 is 4.98. The van der Waals surface area contributed by atoms with Crippen LogP contribution in [0.1, 0.15) is 46.8 Å². The van der Waals surface area contributed by atoms with Crippen molar-refractivity contribution in [2.75, 3.05) is 0 Å². The summed E-state index contributed by atoms with van der Waals surface area (Å²) in [6.07, 6.45) is -1.04. The second-order valence-corrected chi connectivity index (χ2v) is 5.90. The van der Waals surface area contributed by atoms with Crippen molar-refractivity contribution < 1.29 is 29.3 Å². The average molecular weight is 340 g/mol. The first-order valence-electron chi connectivity index (χ1n) is 7.72. The molecule has 0 heterocycles. The molecule has 3 rings (SSSR count). The number of fused-ring (bicyclic) bond motifs is 2. The van der Waals surface area contributed by atoms with E-state index in [1.54, 1.807) is 12.1 Å². The first-order valence-corrected chi connectivity index (χ1v) is 7.72. The Labute approximate surface area is 143 Å². The predicted molar refractivity (Wildman–Crippen MR) is 87.7 cm³/mol. The van der Waals surface area contributed by atoms with Gasteiger partial charge in [-0.25, -0.2) is 0 Å². The van der Waals surface area contributed by atoms with Crippen LogP contribution in [0.15, 0.2) is 36.4 Å². The maximum absolute atomic E-state index is 12.9. The highest BCUT2D eigenvalue weighted by atomic mass is 16.5. The van der Waals surface area contributed by atoms with Crippen molar-refractivity contribution in [2.24, 2.45) is 0 Å². The molecule has 6 heteroatoms. The fourth-order valence-electron chi connectivity index (χ4n) is 3.23. The molecule has 1 atom stereocenters. The third kappa shape index (κ3) is 2.65. The first kappa shape index (κ1) is 16.7. The molecule has 0 radical (unpaired) electrons. The van der Waals surface area contributed by atoms with Gasteiger partial charge in [0.2, 0.25) is 5.78 Å². The minimum Gasteiger partial charge on any atom is -0.507 e. The Morgan fingerprint density at radius 3 is 1.92 bits per heavy atom. The standard InChI is InChI=1S/C19H16O6/c1-9(25-10(2)20)18(23)15-11-5-3-7-13(21)16(11)19(24)17-12(15)6-4-8-14(17)22/h3-9,15,21-22H,1-2H3/t9-/m0/s1. The van der Waals surface area contributed by atoms with Gasteiger partial charge in [-0.05, 0) is 30.2 Å². The molecular formula is C19H16O6. The third-order valence-corrected chi connectivity index (χ3v) is 4.25. The molecule has 0 amide bonds. The summed E-state index contributed by atoms with van der Waals surface area (Å²) in [4.78, 5) is 36.9. The van der Waals surface area contributed by atoms with Crippen LogP contribution in [-0.4, -0.2) is 33.9 Å². The number of Topliss-reactive ketones (excluding diaryl/α,β-unsaturated/α-hetero) is 1. The van der Waals surface area contributed by atoms with Crippen molar-refractivity contribution in [3.8, 4) is 11.5 Å². The zero-order valence-electron chi connectivity index (χ0n) is 13.6. The topological polar surface area (TPSA) is 101 Å². The summed E-state index contributed by atoms with van der Waals surface area (Å²) in [6.45, 7) is 2.65. The van der Waals surface area contributed by atoms with Crippen LogP contribution in [0.5, 0.6) is 11.5 Å². The highest BCUT2D eigenvalue weighted by Gasteiger charge is 2.40. The van der Waals surface area contributed by atoms with Gasteiger partial charge in [-0.3, -0.25) is 14.4 Å². The summed E-state index contributed by atoms with van der Waals surface area (Å²) in [5.41, 5.74) is 0.606. The van der Waals surface area contributed by atoms with Crippen LogP contribution in [0.2, 0.25) is 0 Å². The second-order valence-electron chi connectivity index (χ2n) is 5.90. The number of ether oxygens (including phenoxy) is 1. The van der Waals surface area contributed by atoms with E-state index in [1.807, 2.05) is 0 Å². The number of carbonyl (C=O) groups is 3. The number of phenols is 2. The van der Waals surface area contributed by atoms with E-state index in [-0.39, 0.29) is 22.6 Å². The Morgan fingerprint density at radius 1 is 1.00 bits per heavy atom. The van der Waals surface area contributed by atoms with Gasteiger partial charge in [0.15, 0.2) is 11.9 Å². The number of aromatic hydroxyl groups is 2. The molecule has 0 unspecified atom stereocenters. The maximum atomic E-state index is 12.9. The lowest BCUT2D eigenvalue weighted by Gasteiger charge is -2.29. The Morgan fingerprint density at radius 2 is 1.48 bits per heavy atom. The van der Waals surface area contributed by atoms with Crippen LogP contribution in [0.4, 0.5) is 0 Å². The lowest BCUT2D eigenvalue weighted by molar-refractivity contribution is -0.152. The molecule has 0 bridgehead atoms. The molecule has 0 aromatic heterocycles. The Kier molecular flexibility index (Phi) is 4.04. The number of benzene rings is 2. The monoisotopic (exact) mass is 340 g/mol. The molecule has 2 N–H and O–H groups in total. The van der Waals surface area contributed by atoms with E-state index in [2.05, 4.69) is 0 Å². The van der Waals surface area contributed by atoms with Crippen LogP contribution in [0.3, 0.4) is 0 Å². The third-order valence-electron chi connectivity index (χ3n) is 4.25. The van der Waals surface area contributed by atoms with Crippen molar-refractivity contribution in [3.63, 3.8) is 0 Å². The lowest BCUT2D eigenvalue weighted by Crippen LogP contribution is -2.33. The number of phenolic OH excluding ortho intramolecular Hbond substituents is 2. The second kappa shape index (κ2) is 6.05. The van der Waals surface area contributed by atoms with Crippen molar-refractivity contribution in [1.29, 1.82) is 0 Å². The van der Waals surface area contributed by atoms with E-state index < -0.39 is 29.6 Å². The molecule has 0 fully saturated rings. The van der Waals surface area contributed by atoms with E-state index in [9.17, 15) is 24.6 Å². The quantitative estimate of drug-likeness (QED) is 0.832. The zero-order chi connectivity index (χ0) is 18.3. The lowest BCUT2D eigenvalue weighted by atomic mass is 9.74. The molecule has 0 saturated carbocycles. The molecule has 128 valence electrons. The Hall–Kier alpha value is -3.15. The fourth-order valence-corrected chi connectivity index (χ4v) is 3.23. The van der Waals surface area contributed by atoms with Gasteiger partial charge >= 0.3 is 5.97 Å². The van der Waals surface area contributed by atoms with Gasteiger partial charge in [0.05, 0.1) is 17.0 Å². The first-order chi connectivity index (χ1) is 11.8. The van der Waals surface area contributed by atoms with Crippen molar-refractivity contribution in [3.05, 3.63) is 58.7 Å². The number of hydrogen-bond donors (Lipinski definition) is 2. The van der Waals surface area contributed by atoms with Gasteiger partial charge in [-0.15, -0.1) is 0 Å². The van der Waals surface area contributed by atoms with Crippen molar-refractivity contribution in [1.82, 2.24) is 0 Å². The summed E-state index contributed by atoms with van der Waals surface area (Å²) in [7, 11) is 0. The summed E-state index contributed by atoms with van der Waals surface area (Å²) in [5.74, 6) is -3.06. The van der Waals surface area contributed by atoms with E-state index in [0.29, 0.717) is 11.1 Å². The van der Waals surface area contributed by atoms with Gasteiger partial charge in [-0.1, -0.05) is 24.3 Å². The van der Waals surface area contributed by atoms with Crippen LogP contribution >= 0.6 is 0 Å². The smallest absolute Gasteiger partial charge is 0.303 e. The molecular weight excluding hydrogens is 324 g/mol. The number of rotatable bonds is 3. The minimum atomic E-state index is -1.04. The van der Waals surface area contributed by atoms with Gasteiger partial charge in [0.1, 0.15) is 11.5 Å². The summed E-state index contributed by atoms with van der Waals surface area (Å²) in [6, 6.07) is 8.90. The summed E-state index contributed by atoms with van der Waals surface area (Å²) in [5, 5.41) is 20.3. The normalized spacial score (nSPS) is 14.4. The highest BCUT2D eigenvalue weighted by molar-refractivity contribution is 6.18. The van der Waals surface area contributed by atoms with Crippen molar-refractivity contribution >= 4 is 17.5 Å². The largest absolute Gasteiger partial charge is 0.507 e. The van der Waals surface area contributed by atoms with Gasteiger partial charge in [0.25, 0.3) is 0 Å². The number of esters is 1. The molecule has 25 heavy (non-hydrogen) atoms. The van der Waals surface area contributed by atoms with Gasteiger partial charge in [-0.2, -0.15) is 0 Å². The van der Waals surface area contributed by atoms with Crippen molar-refractivity contribution in [2.45, 2.75) is 25.9 Å². The van der Waals surface area contributed by atoms with E-state index in [4.69, 9.17) is 4.74 Å². The molecule has 0 saturated heterocycles. The fraction of sp³-hybridized carbons (Fsp3) is 0.211. The van der Waals surface area contributed by atoms with Gasteiger partial charge < -0.3 is 14.9 Å². The Bertz CT molecular complexity index is 843. The van der Waals surface area contributed by atoms with Crippen LogP contribution in [0.25, 0.3) is 0 Å². The average Bonchev–Trinajstić information content (AvgIpc) is 2.54. The molecule has 1 aliphatic rings.